The second-order valence-corrected chi connectivity index (χ2v) is 8.23. The highest BCUT2D eigenvalue weighted by Gasteiger charge is 2.48. The van der Waals surface area contributed by atoms with E-state index in [1.54, 1.807) is 17.0 Å². The Labute approximate surface area is 155 Å². The molecule has 1 saturated heterocycles. The van der Waals surface area contributed by atoms with Gasteiger partial charge >= 0.3 is 0 Å². The van der Waals surface area contributed by atoms with Crippen LogP contribution in [0.3, 0.4) is 0 Å². The summed E-state index contributed by atoms with van der Waals surface area (Å²) in [5.41, 5.74) is -0.00775. The van der Waals surface area contributed by atoms with Crippen molar-refractivity contribution in [2.24, 2.45) is 11.8 Å². The van der Waals surface area contributed by atoms with Crippen molar-refractivity contribution in [3.05, 3.63) is 35.6 Å². The topological polar surface area (TPSA) is 49.4 Å². The van der Waals surface area contributed by atoms with E-state index in [9.17, 15) is 14.0 Å². The van der Waals surface area contributed by atoms with Crippen LogP contribution in [0.15, 0.2) is 24.3 Å². The standard InChI is InChI=1S/C21H29FN2O2/c1-14-5-4-6-18(15(14)2)23-20(26)21(3)12-11-19(25)24(21)13-16-7-9-17(22)10-8-16/h7-10,14-15,18H,4-6,11-13H2,1-3H3,(H,23,26). The fourth-order valence-corrected chi connectivity index (χ4v) is 4.28. The zero-order chi connectivity index (χ0) is 18.9. The van der Waals surface area contributed by atoms with Crippen LogP contribution in [0.2, 0.25) is 0 Å². The Bertz CT molecular complexity index is 675. The summed E-state index contributed by atoms with van der Waals surface area (Å²) in [7, 11) is 0. The van der Waals surface area contributed by atoms with E-state index in [0.717, 1.165) is 18.4 Å². The number of nitrogens with zero attached hydrogens (tertiary/aromatic N) is 1. The van der Waals surface area contributed by atoms with Crippen molar-refractivity contribution in [1.29, 1.82) is 0 Å². The van der Waals surface area contributed by atoms with E-state index in [1.807, 2.05) is 6.92 Å². The fraction of sp³-hybridized carbons (Fsp3) is 0.619. The average Bonchev–Trinajstić information content (AvgIpc) is 2.90. The van der Waals surface area contributed by atoms with E-state index in [0.29, 0.717) is 31.2 Å². The summed E-state index contributed by atoms with van der Waals surface area (Å²) in [4.78, 5) is 27.2. The van der Waals surface area contributed by atoms with Gasteiger partial charge in [0.2, 0.25) is 11.8 Å². The molecule has 5 heteroatoms. The van der Waals surface area contributed by atoms with Crippen LogP contribution in [0.5, 0.6) is 0 Å². The maximum absolute atomic E-state index is 13.1. The molecule has 1 aromatic rings. The lowest BCUT2D eigenvalue weighted by Gasteiger charge is -2.39. The molecular weight excluding hydrogens is 331 g/mol. The molecular formula is C21H29FN2O2. The first kappa shape index (κ1) is 18.9. The minimum Gasteiger partial charge on any atom is -0.351 e. The van der Waals surface area contributed by atoms with Gasteiger partial charge in [0, 0.05) is 19.0 Å². The number of nitrogens with one attached hydrogen (secondary N) is 1. The van der Waals surface area contributed by atoms with Gasteiger partial charge in [0.25, 0.3) is 0 Å². The number of benzene rings is 1. The van der Waals surface area contributed by atoms with E-state index in [4.69, 9.17) is 0 Å². The third-order valence-electron chi connectivity index (χ3n) is 6.49. The van der Waals surface area contributed by atoms with Crippen LogP contribution in [0, 0.1) is 17.7 Å². The Balaban J connectivity index is 1.74. The van der Waals surface area contributed by atoms with Crippen molar-refractivity contribution in [3.8, 4) is 0 Å². The van der Waals surface area contributed by atoms with Gasteiger partial charge in [-0.05, 0) is 49.3 Å². The monoisotopic (exact) mass is 360 g/mol. The van der Waals surface area contributed by atoms with E-state index >= 15 is 0 Å². The van der Waals surface area contributed by atoms with Crippen LogP contribution in [0.1, 0.15) is 58.4 Å². The summed E-state index contributed by atoms with van der Waals surface area (Å²) in [6, 6.07) is 6.29. The number of hydrogen-bond acceptors (Lipinski definition) is 2. The first-order chi connectivity index (χ1) is 12.3. The van der Waals surface area contributed by atoms with Gasteiger partial charge < -0.3 is 10.2 Å². The molecule has 0 spiro atoms. The van der Waals surface area contributed by atoms with Gasteiger partial charge in [-0.15, -0.1) is 0 Å². The molecule has 1 saturated carbocycles. The highest BCUT2D eigenvalue weighted by molar-refractivity contribution is 5.94. The predicted molar refractivity (Wildman–Crippen MR) is 98.7 cm³/mol. The number of amides is 2. The van der Waals surface area contributed by atoms with E-state index in [1.165, 1.54) is 18.6 Å². The predicted octanol–water partition coefficient (Wildman–Crippen LogP) is 3.65. The van der Waals surface area contributed by atoms with Crippen molar-refractivity contribution in [2.75, 3.05) is 0 Å². The normalized spacial score (nSPS) is 31.9. The Morgan fingerprint density at radius 1 is 1.27 bits per heavy atom. The number of likely N-dealkylation sites (tertiary alicyclic amines) is 1. The third kappa shape index (κ3) is 3.62. The highest BCUT2D eigenvalue weighted by Crippen LogP contribution is 2.34. The molecule has 1 aliphatic heterocycles. The molecule has 4 unspecified atom stereocenters. The SMILES string of the molecule is CC1CCCC(NC(=O)C2(C)CCC(=O)N2Cc2ccc(F)cc2)C1C. The molecule has 4 nitrogen and oxygen atoms in total. The first-order valence-electron chi connectivity index (χ1n) is 9.67. The third-order valence-corrected chi connectivity index (χ3v) is 6.49. The quantitative estimate of drug-likeness (QED) is 0.891. The molecule has 4 atom stereocenters. The highest BCUT2D eigenvalue weighted by atomic mass is 19.1. The van der Waals surface area contributed by atoms with Crippen molar-refractivity contribution in [1.82, 2.24) is 10.2 Å². The molecule has 26 heavy (non-hydrogen) atoms. The Morgan fingerprint density at radius 3 is 2.65 bits per heavy atom. The van der Waals surface area contributed by atoms with Gasteiger partial charge in [-0.2, -0.15) is 0 Å². The summed E-state index contributed by atoms with van der Waals surface area (Å²) in [6.07, 6.45) is 4.24. The number of halogens is 1. The van der Waals surface area contributed by atoms with Crippen molar-refractivity contribution < 1.29 is 14.0 Å². The van der Waals surface area contributed by atoms with Gasteiger partial charge in [0.1, 0.15) is 11.4 Å². The van der Waals surface area contributed by atoms with Crippen LogP contribution in [-0.2, 0) is 16.1 Å². The Hall–Kier alpha value is -1.91. The molecule has 0 aromatic heterocycles. The molecule has 1 aliphatic carbocycles. The maximum atomic E-state index is 13.1. The van der Waals surface area contributed by atoms with E-state index in [2.05, 4.69) is 19.2 Å². The zero-order valence-electron chi connectivity index (χ0n) is 15.9. The molecule has 3 rings (SSSR count). The molecule has 142 valence electrons. The molecule has 1 heterocycles. The number of hydrogen-bond donors (Lipinski definition) is 1. The molecule has 0 bridgehead atoms. The number of carbonyl (C=O) groups excluding carboxylic acids is 2. The summed E-state index contributed by atoms with van der Waals surface area (Å²) >= 11 is 0. The average molecular weight is 360 g/mol. The van der Waals surface area contributed by atoms with Crippen LogP contribution in [-0.4, -0.2) is 28.3 Å². The minimum atomic E-state index is -0.841. The van der Waals surface area contributed by atoms with Crippen LogP contribution < -0.4 is 5.32 Å². The number of rotatable bonds is 4. The second kappa shape index (κ2) is 7.37. The summed E-state index contributed by atoms with van der Waals surface area (Å²) < 4.78 is 13.1. The number of carbonyl (C=O) groups is 2. The van der Waals surface area contributed by atoms with Gasteiger partial charge in [0.15, 0.2) is 0 Å². The molecule has 2 aliphatic rings. The fourth-order valence-electron chi connectivity index (χ4n) is 4.28. The molecule has 2 amide bonds. The van der Waals surface area contributed by atoms with Crippen LogP contribution in [0.25, 0.3) is 0 Å². The van der Waals surface area contributed by atoms with Crippen molar-refractivity contribution in [3.63, 3.8) is 0 Å². The molecule has 2 fully saturated rings. The Kier molecular flexibility index (Phi) is 5.35. The largest absolute Gasteiger partial charge is 0.351 e. The van der Waals surface area contributed by atoms with E-state index in [-0.39, 0.29) is 23.7 Å². The zero-order valence-corrected chi connectivity index (χ0v) is 15.9. The Morgan fingerprint density at radius 2 is 1.96 bits per heavy atom. The van der Waals surface area contributed by atoms with E-state index < -0.39 is 5.54 Å². The summed E-state index contributed by atoms with van der Waals surface area (Å²) in [5, 5.41) is 3.23. The van der Waals surface area contributed by atoms with Crippen molar-refractivity contribution in [2.45, 2.75) is 71.0 Å². The van der Waals surface area contributed by atoms with Gasteiger partial charge in [0.05, 0.1) is 0 Å². The van der Waals surface area contributed by atoms with Gasteiger partial charge in [-0.1, -0.05) is 38.8 Å². The van der Waals surface area contributed by atoms with Crippen LogP contribution in [0.4, 0.5) is 4.39 Å². The second-order valence-electron chi connectivity index (χ2n) is 8.23. The molecule has 1 N–H and O–H groups in total. The first-order valence-corrected chi connectivity index (χ1v) is 9.67. The van der Waals surface area contributed by atoms with Crippen molar-refractivity contribution >= 4 is 11.8 Å². The molecule has 0 radical (unpaired) electrons. The lowest BCUT2D eigenvalue weighted by molar-refractivity contribution is -0.142. The van der Waals surface area contributed by atoms with Gasteiger partial charge in [-0.3, -0.25) is 9.59 Å². The minimum absolute atomic E-state index is 0.0166. The lowest BCUT2D eigenvalue weighted by atomic mass is 9.77. The van der Waals surface area contributed by atoms with Gasteiger partial charge in [-0.25, -0.2) is 4.39 Å². The molecule has 1 aromatic carbocycles. The summed E-state index contributed by atoms with van der Waals surface area (Å²) in [5.74, 6) is 0.664. The maximum Gasteiger partial charge on any atom is 0.245 e. The van der Waals surface area contributed by atoms with Crippen LogP contribution >= 0.6 is 0 Å². The lowest BCUT2D eigenvalue weighted by Crippen LogP contribution is -2.57. The summed E-state index contributed by atoms with van der Waals surface area (Å²) in [6.45, 7) is 6.63. The smallest absolute Gasteiger partial charge is 0.245 e.